The average molecular weight is 277 g/mol. The van der Waals surface area contributed by atoms with Crippen LogP contribution in [0.5, 0.6) is 0 Å². The van der Waals surface area contributed by atoms with Gasteiger partial charge in [0.1, 0.15) is 5.82 Å². The van der Waals surface area contributed by atoms with Gasteiger partial charge in [-0.25, -0.2) is 4.39 Å². The predicted molar refractivity (Wildman–Crippen MR) is 70.7 cm³/mol. The number of aromatic nitrogens is 2. The van der Waals surface area contributed by atoms with Crippen LogP contribution in [0.15, 0.2) is 22.7 Å². The van der Waals surface area contributed by atoms with Crippen LogP contribution in [0.1, 0.15) is 11.5 Å². The van der Waals surface area contributed by atoms with E-state index in [0.29, 0.717) is 30.3 Å². The van der Waals surface area contributed by atoms with Gasteiger partial charge in [-0.3, -0.25) is 0 Å². The molecule has 1 atom stereocenters. The highest BCUT2D eigenvalue weighted by Gasteiger charge is 2.18. The van der Waals surface area contributed by atoms with Crippen molar-refractivity contribution in [3.8, 4) is 11.4 Å². The van der Waals surface area contributed by atoms with Crippen LogP contribution < -0.4 is 5.32 Å². The van der Waals surface area contributed by atoms with E-state index in [1.807, 2.05) is 6.92 Å². The molecular weight excluding hydrogens is 261 g/mol. The molecule has 2 aromatic rings. The topological polar surface area (TPSA) is 60.2 Å². The molecule has 0 aliphatic carbocycles. The zero-order valence-corrected chi connectivity index (χ0v) is 11.2. The van der Waals surface area contributed by atoms with Gasteiger partial charge in [-0.2, -0.15) is 4.98 Å². The molecule has 0 amide bonds. The van der Waals surface area contributed by atoms with E-state index in [4.69, 9.17) is 9.26 Å². The maximum Gasteiger partial charge on any atom is 0.228 e. The Bertz CT molecular complexity index is 594. The highest BCUT2D eigenvalue weighted by molar-refractivity contribution is 5.59. The van der Waals surface area contributed by atoms with E-state index in [1.54, 1.807) is 6.07 Å². The summed E-state index contributed by atoms with van der Waals surface area (Å²) in [6, 6.07) is 4.73. The molecule has 3 rings (SSSR count). The van der Waals surface area contributed by atoms with Gasteiger partial charge in [0.15, 0.2) is 0 Å². The smallest absolute Gasteiger partial charge is 0.228 e. The summed E-state index contributed by atoms with van der Waals surface area (Å²) >= 11 is 0. The maximum atomic E-state index is 13.3. The zero-order valence-electron chi connectivity index (χ0n) is 11.2. The standard InChI is InChI=1S/C14H16FN3O2/c1-9-2-3-10(15)6-12(9)14-17-13(20-18-14)7-11-8-19-5-4-16-11/h2-3,6,11,16H,4-5,7-8H2,1H3. The van der Waals surface area contributed by atoms with E-state index >= 15 is 0 Å². The highest BCUT2D eigenvalue weighted by atomic mass is 19.1. The minimum atomic E-state index is -0.306. The SMILES string of the molecule is Cc1ccc(F)cc1-c1noc(CC2COCCN2)n1. The van der Waals surface area contributed by atoms with E-state index in [2.05, 4.69) is 15.5 Å². The lowest BCUT2D eigenvalue weighted by atomic mass is 10.1. The Balaban J connectivity index is 1.77. The summed E-state index contributed by atoms with van der Waals surface area (Å²) in [6.45, 7) is 4.08. The first-order valence-corrected chi connectivity index (χ1v) is 6.62. The fourth-order valence-electron chi connectivity index (χ4n) is 2.24. The summed E-state index contributed by atoms with van der Waals surface area (Å²) in [6.07, 6.45) is 0.612. The quantitative estimate of drug-likeness (QED) is 0.925. The lowest BCUT2D eigenvalue weighted by Crippen LogP contribution is -2.42. The monoisotopic (exact) mass is 277 g/mol. The molecule has 20 heavy (non-hydrogen) atoms. The van der Waals surface area contributed by atoms with Gasteiger partial charge < -0.3 is 14.6 Å². The van der Waals surface area contributed by atoms with Gasteiger partial charge >= 0.3 is 0 Å². The number of nitrogens with zero attached hydrogens (tertiary/aromatic N) is 2. The van der Waals surface area contributed by atoms with E-state index < -0.39 is 0 Å². The Labute approximate surface area is 116 Å². The summed E-state index contributed by atoms with van der Waals surface area (Å²) in [5.74, 6) is 0.652. The maximum absolute atomic E-state index is 13.3. The van der Waals surface area contributed by atoms with Crippen molar-refractivity contribution >= 4 is 0 Å². The third-order valence-electron chi connectivity index (χ3n) is 3.33. The Hall–Kier alpha value is -1.79. The molecule has 0 bridgehead atoms. The van der Waals surface area contributed by atoms with Crippen LogP contribution in [-0.4, -0.2) is 35.9 Å². The molecule has 106 valence electrons. The normalized spacial score (nSPS) is 19.2. The molecule has 1 fully saturated rings. The van der Waals surface area contributed by atoms with Crippen molar-refractivity contribution in [2.45, 2.75) is 19.4 Å². The molecule has 1 N–H and O–H groups in total. The second-order valence-corrected chi connectivity index (χ2v) is 4.90. The number of aryl methyl sites for hydroxylation is 1. The van der Waals surface area contributed by atoms with E-state index in [0.717, 1.165) is 18.7 Å². The van der Waals surface area contributed by atoms with Crippen molar-refractivity contribution in [2.75, 3.05) is 19.8 Å². The number of hydrogen-bond donors (Lipinski definition) is 1. The molecule has 5 nitrogen and oxygen atoms in total. The number of nitrogens with one attached hydrogen (secondary N) is 1. The van der Waals surface area contributed by atoms with Crippen LogP contribution in [0.25, 0.3) is 11.4 Å². The van der Waals surface area contributed by atoms with Crippen molar-refractivity contribution in [2.24, 2.45) is 0 Å². The third kappa shape index (κ3) is 2.86. The first-order chi connectivity index (χ1) is 9.72. The van der Waals surface area contributed by atoms with Crippen molar-refractivity contribution in [1.82, 2.24) is 15.5 Å². The Morgan fingerprint density at radius 1 is 1.45 bits per heavy atom. The molecule has 0 saturated carbocycles. The molecule has 0 spiro atoms. The highest BCUT2D eigenvalue weighted by Crippen LogP contribution is 2.21. The second-order valence-electron chi connectivity index (χ2n) is 4.90. The van der Waals surface area contributed by atoms with Crippen molar-refractivity contribution in [3.05, 3.63) is 35.5 Å². The van der Waals surface area contributed by atoms with Gasteiger partial charge in [-0.05, 0) is 24.6 Å². The first-order valence-electron chi connectivity index (χ1n) is 6.62. The number of ether oxygens (including phenoxy) is 1. The summed E-state index contributed by atoms with van der Waals surface area (Å²) < 4.78 is 23.9. The van der Waals surface area contributed by atoms with Gasteiger partial charge in [0, 0.05) is 24.6 Å². The lowest BCUT2D eigenvalue weighted by Gasteiger charge is -2.22. The van der Waals surface area contributed by atoms with Gasteiger partial charge in [0.25, 0.3) is 0 Å². The molecule has 6 heteroatoms. The molecular formula is C14H16FN3O2. The number of rotatable bonds is 3. The Morgan fingerprint density at radius 3 is 3.15 bits per heavy atom. The lowest BCUT2D eigenvalue weighted by molar-refractivity contribution is 0.0744. The Kier molecular flexibility index (Phi) is 3.75. The van der Waals surface area contributed by atoms with Gasteiger partial charge in [-0.1, -0.05) is 11.2 Å². The molecule has 2 heterocycles. The molecule has 1 saturated heterocycles. The predicted octanol–water partition coefficient (Wildman–Crippen LogP) is 1.72. The largest absolute Gasteiger partial charge is 0.378 e. The van der Waals surface area contributed by atoms with Crippen LogP contribution in [0.3, 0.4) is 0 Å². The number of halogens is 1. The van der Waals surface area contributed by atoms with Gasteiger partial charge in [0.05, 0.1) is 13.2 Å². The average Bonchev–Trinajstić information content (AvgIpc) is 2.91. The second kappa shape index (κ2) is 5.68. The fraction of sp³-hybridized carbons (Fsp3) is 0.429. The summed E-state index contributed by atoms with van der Waals surface area (Å²) in [4.78, 5) is 4.34. The number of benzene rings is 1. The minimum absolute atomic E-state index is 0.186. The minimum Gasteiger partial charge on any atom is -0.378 e. The third-order valence-corrected chi connectivity index (χ3v) is 3.33. The van der Waals surface area contributed by atoms with Crippen LogP contribution in [0, 0.1) is 12.7 Å². The fourth-order valence-corrected chi connectivity index (χ4v) is 2.24. The van der Waals surface area contributed by atoms with E-state index in [-0.39, 0.29) is 11.9 Å². The summed E-state index contributed by atoms with van der Waals surface area (Å²) in [5.41, 5.74) is 1.57. The van der Waals surface area contributed by atoms with E-state index in [9.17, 15) is 4.39 Å². The first kappa shape index (κ1) is 13.2. The number of hydrogen-bond acceptors (Lipinski definition) is 5. The van der Waals surface area contributed by atoms with Crippen LogP contribution >= 0.6 is 0 Å². The van der Waals surface area contributed by atoms with Crippen LogP contribution in [-0.2, 0) is 11.2 Å². The Morgan fingerprint density at radius 2 is 2.35 bits per heavy atom. The van der Waals surface area contributed by atoms with Crippen LogP contribution in [0.2, 0.25) is 0 Å². The summed E-state index contributed by atoms with van der Waals surface area (Å²) in [5, 5.41) is 7.26. The molecule has 1 aromatic heterocycles. The molecule has 1 unspecified atom stereocenters. The molecule has 1 aliphatic rings. The molecule has 1 aromatic carbocycles. The van der Waals surface area contributed by atoms with Crippen LogP contribution in [0.4, 0.5) is 4.39 Å². The number of morpholine rings is 1. The summed E-state index contributed by atoms with van der Waals surface area (Å²) in [7, 11) is 0. The van der Waals surface area contributed by atoms with Crippen molar-refractivity contribution < 1.29 is 13.7 Å². The van der Waals surface area contributed by atoms with Gasteiger partial charge in [-0.15, -0.1) is 0 Å². The van der Waals surface area contributed by atoms with E-state index in [1.165, 1.54) is 12.1 Å². The zero-order chi connectivity index (χ0) is 13.9. The van der Waals surface area contributed by atoms with Gasteiger partial charge in [0.2, 0.25) is 11.7 Å². The van der Waals surface area contributed by atoms with Crippen molar-refractivity contribution in [3.63, 3.8) is 0 Å². The van der Waals surface area contributed by atoms with Crippen molar-refractivity contribution in [1.29, 1.82) is 0 Å². The molecule has 0 radical (unpaired) electrons. The molecule has 1 aliphatic heterocycles.